The molecule has 8 heteroatoms. The minimum atomic E-state index is -1.07. The lowest BCUT2D eigenvalue weighted by atomic mass is 9.99. The van der Waals surface area contributed by atoms with Gasteiger partial charge in [0, 0.05) is 16.1 Å². The zero-order valence-electron chi connectivity index (χ0n) is 19.4. The number of carboxylic acid groups (broad SMARTS) is 1. The average molecular weight is 459 g/mol. The first-order chi connectivity index (χ1) is 15.3. The van der Waals surface area contributed by atoms with Crippen molar-refractivity contribution in [2.24, 2.45) is 4.99 Å². The molecule has 0 radical (unpaired) electrons. The fraction of sp³-hybridized carbons (Fsp3) is 0.333. The first-order valence-corrected chi connectivity index (χ1v) is 10.9. The van der Waals surface area contributed by atoms with Gasteiger partial charge in [-0.25, -0.2) is 0 Å². The zero-order chi connectivity index (χ0) is 24.4. The summed E-state index contributed by atoms with van der Waals surface area (Å²) in [6.45, 7) is 9.55. The Labute approximate surface area is 194 Å². The molecule has 0 unspecified atom stereocenters. The molecule has 2 aromatic carbocycles. The van der Waals surface area contributed by atoms with Crippen LogP contribution in [0.15, 0.2) is 47.5 Å². The second-order valence-corrected chi connectivity index (χ2v) is 6.72. The molecule has 1 aliphatic heterocycles. The summed E-state index contributed by atoms with van der Waals surface area (Å²) in [6, 6.07) is 11.3. The Hall–Kier alpha value is -3.19. The molecule has 0 fully saturated rings. The first kappa shape index (κ1) is 26.8. The number of aliphatic carboxylic acids is 1. The second kappa shape index (κ2) is 12.6. The number of nitrogens with zero attached hydrogens (tertiary/aromatic N) is 2. The maximum absolute atomic E-state index is 11.4. The van der Waals surface area contributed by atoms with E-state index in [1.807, 2.05) is 27.7 Å². The van der Waals surface area contributed by atoms with Gasteiger partial charge in [0.1, 0.15) is 23.5 Å². The lowest BCUT2D eigenvalue weighted by Gasteiger charge is -2.26. The molecule has 1 aliphatic rings. The van der Waals surface area contributed by atoms with Gasteiger partial charge < -0.3 is 9.84 Å². The smallest absolute Gasteiger partial charge is 0.305 e. The number of carboxylic acids is 1. The van der Waals surface area contributed by atoms with Crippen LogP contribution < -0.4 is 9.64 Å². The minimum Gasteiger partial charge on any atom is -0.497 e. The van der Waals surface area contributed by atoms with Crippen LogP contribution in [0.4, 0.5) is 5.69 Å². The minimum absolute atomic E-state index is 0.0646. The Morgan fingerprint density at radius 2 is 1.75 bits per heavy atom. The van der Waals surface area contributed by atoms with Gasteiger partial charge in [-0.3, -0.25) is 25.5 Å². The van der Waals surface area contributed by atoms with Crippen LogP contribution in [0.1, 0.15) is 52.2 Å². The van der Waals surface area contributed by atoms with Crippen molar-refractivity contribution in [1.82, 2.24) is 0 Å². The monoisotopic (exact) mass is 458 g/mol. The van der Waals surface area contributed by atoms with E-state index in [4.69, 9.17) is 27.2 Å². The molecule has 3 rings (SSSR count). The predicted molar refractivity (Wildman–Crippen MR) is 132 cm³/mol. The van der Waals surface area contributed by atoms with Crippen LogP contribution in [-0.4, -0.2) is 41.6 Å². The van der Waals surface area contributed by atoms with Crippen molar-refractivity contribution in [3.63, 3.8) is 0 Å². The van der Waals surface area contributed by atoms with Crippen molar-refractivity contribution in [2.45, 2.75) is 47.1 Å². The van der Waals surface area contributed by atoms with E-state index in [0.29, 0.717) is 27.7 Å². The number of amidine groups is 2. The molecule has 2 aromatic rings. The molecule has 0 aliphatic carbocycles. The van der Waals surface area contributed by atoms with Gasteiger partial charge in [-0.05, 0) is 37.3 Å². The van der Waals surface area contributed by atoms with E-state index in [0.717, 1.165) is 5.56 Å². The number of fused-ring (bicyclic) bond motifs is 1. The molecule has 7 nitrogen and oxygen atoms in total. The zero-order valence-corrected chi connectivity index (χ0v) is 20.1. The number of benzodiazepines with no additional fused rings is 1. The summed E-state index contributed by atoms with van der Waals surface area (Å²) in [6.07, 6.45) is -0.356. The van der Waals surface area contributed by atoms with Gasteiger partial charge in [-0.15, -0.1) is 0 Å². The lowest BCUT2D eigenvalue weighted by Crippen LogP contribution is -2.41. The molecule has 0 amide bonds. The number of methoxy groups -OCH3 is 1. The SMILES string of the molecule is CC.CC.COc1ccc2c(c1)C(c1ccc(Cl)cc1)=N[C@@H](CC(=O)O)C(=N)N2C(C)=N. The molecular formula is C24H31ClN4O3. The van der Waals surface area contributed by atoms with Crippen LogP contribution in [0.3, 0.4) is 0 Å². The summed E-state index contributed by atoms with van der Waals surface area (Å²) < 4.78 is 5.34. The number of carbonyl (C=O) groups is 1. The van der Waals surface area contributed by atoms with E-state index in [1.165, 1.54) is 4.90 Å². The maximum Gasteiger partial charge on any atom is 0.305 e. The van der Waals surface area contributed by atoms with Crippen LogP contribution in [0.2, 0.25) is 5.02 Å². The Kier molecular flexibility index (Phi) is 10.6. The van der Waals surface area contributed by atoms with E-state index in [-0.39, 0.29) is 18.1 Å². The van der Waals surface area contributed by atoms with E-state index in [2.05, 4.69) is 4.99 Å². The Bertz CT molecular complexity index is 987. The van der Waals surface area contributed by atoms with Crippen LogP contribution in [0.5, 0.6) is 5.75 Å². The lowest BCUT2D eigenvalue weighted by molar-refractivity contribution is -0.137. The molecule has 0 aromatic heterocycles. The van der Waals surface area contributed by atoms with E-state index < -0.39 is 12.0 Å². The number of halogens is 1. The highest BCUT2D eigenvalue weighted by molar-refractivity contribution is 6.31. The van der Waals surface area contributed by atoms with E-state index in [1.54, 1.807) is 56.5 Å². The number of hydrogen-bond acceptors (Lipinski definition) is 5. The summed E-state index contributed by atoms with van der Waals surface area (Å²) in [5.41, 5.74) is 2.46. The van der Waals surface area contributed by atoms with Gasteiger partial charge in [-0.1, -0.05) is 51.4 Å². The third-order valence-corrected chi connectivity index (χ3v) is 4.61. The first-order valence-electron chi connectivity index (χ1n) is 10.5. The highest BCUT2D eigenvalue weighted by Crippen LogP contribution is 2.33. The quantitative estimate of drug-likeness (QED) is 0.392. The number of hydrogen-bond donors (Lipinski definition) is 3. The maximum atomic E-state index is 11.4. The molecule has 0 bridgehead atoms. The Morgan fingerprint density at radius 3 is 2.25 bits per heavy atom. The van der Waals surface area contributed by atoms with Gasteiger partial charge in [0.2, 0.25) is 0 Å². The highest BCUT2D eigenvalue weighted by atomic mass is 35.5. The fourth-order valence-corrected chi connectivity index (χ4v) is 3.22. The number of rotatable bonds is 4. The van der Waals surface area contributed by atoms with Crippen LogP contribution in [-0.2, 0) is 4.79 Å². The molecule has 1 atom stereocenters. The summed E-state index contributed by atoms with van der Waals surface area (Å²) in [4.78, 5) is 17.4. The third kappa shape index (κ3) is 6.17. The van der Waals surface area contributed by atoms with Gasteiger partial charge in [0.05, 0.1) is 24.9 Å². The molecule has 0 saturated heterocycles. The number of nitrogens with one attached hydrogen (secondary N) is 2. The average Bonchev–Trinajstić information content (AvgIpc) is 2.91. The van der Waals surface area contributed by atoms with E-state index >= 15 is 0 Å². The second-order valence-electron chi connectivity index (χ2n) is 6.29. The van der Waals surface area contributed by atoms with Crippen LogP contribution >= 0.6 is 11.6 Å². The number of aliphatic imine (C=N–C) groups is 1. The van der Waals surface area contributed by atoms with Crippen molar-refractivity contribution < 1.29 is 14.6 Å². The third-order valence-electron chi connectivity index (χ3n) is 4.36. The van der Waals surface area contributed by atoms with Crippen molar-refractivity contribution >= 4 is 40.6 Å². The van der Waals surface area contributed by atoms with Gasteiger partial charge in [0.25, 0.3) is 0 Å². The summed E-state index contributed by atoms with van der Waals surface area (Å²) in [5.74, 6) is -0.448. The predicted octanol–water partition coefficient (Wildman–Crippen LogP) is 5.88. The molecule has 32 heavy (non-hydrogen) atoms. The standard InChI is InChI=1S/C20H19ClN4O3.2C2H6/c1-11(22)25-17-8-7-14(28-2)9-15(17)19(12-3-5-13(21)6-4-12)24-16(20(25)23)10-18(26)27;2*1-2/h3-9,16,22-23H,10H2,1-2H3,(H,26,27);2*1-2H3/t16-;;/m0../s1. The molecule has 3 N–H and O–H groups in total. The van der Waals surface area contributed by atoms with Gasteiger partial charge in [0.15, 0.2) is 0 Å². The summed E-state index contributed by atoms with van der Waals surface area (Å²) >= 11 is 6.01. The van der Waals surface area contributed by atoms with E-state index in [9.17, 15) is 9.90 Å². The van der Waals surface area contributed by atoms with Crippen molar-refractivity contribution in [2.75, 3.05) is 12.0 Å². The highest BCUT2D eigenvalue weighted by Gasteiger charge is 2.32. The molecule has 0 saturated carbocycles. The summed E-state index contributed by atoms with van der Waals surface area (Å²) in [7, 11) is 1.55. The normalized spacial score (nSPS) is 14.5. The fourth-order valence-electron chi connectivity index (χ4n) is 3.10. The molecular weight excluding hydrogens is 428 g/mol. The Balaban J connectivity index is 0.00000121. The van der Waals surface area contributed by atoms with Crippen molar-refractivity contribution in [1.29, 1.82) is 10.8 Å². The van der Waals surface area contributed by atoms with Gasteiger partial charge >= 0.3 is 5.97 Å². The number of ether oxygens (including phenoxy) is 1. The molecule has 172 valence electrons. The topological polar surface area (TPSA) is 110 Å². The van der Waals surface area contributed by atoms with Gasteiger partial charge in [-0.2, -0.15) is 0 Å². The largest absolute Gasteiger partial charge is 0.497 e. The molecule has 0 spiro atoms. The van der Waals surface area contributed by atoms with Crippen LogP contribution in [0, 0.1) is 10.8 Å². The van der Waals surface area contributed by atoms with Crippen molar-refractivity contribution in [3.05, 3.63) is 58.6 Å². The van der Waals surface area contributed by atoms with Crippen molar-refractivity contribution in [3.8, 4) is 5.75 Å². The number of anilines is 1. The van der Waals surface area contributed by atoms with Crippen LogP contribution in [0.25, 0.3) is 0 Å². The summed E-state index contributed by atoms with van der Waals surface area (Å²) in [5, 5.41) is 26.6. The Morgan fingerprint density at radius 1 is 1.16 bits per heavy atom. The number of benzene rings is 2. The molecule has 1 heterocycles.